The number of carbonyl (C=O) groups is 2. The summed E-state index contributed by atoms with van der Waals surface area (Å²) in [5.41, 5.74) is 3.98. The number of nitrogens with zero attached hydrogens (tertiary/aromatic N) is 2. The number of thiazole rings is 1. The molecule has 1 aliphatic carbocycles. The fraction of sp³-hybridized carbons (Fsp3) is 0.296. The number of rotatable bonds is 5. The minimum absolute atomic E-state index is 0.0163. The van der Waals surface area contributed by atoms with Crippen molar-refractivity contribution in [1.29, 1.82) is 0 Å². The number of hydrogen-bond acceptors (Lipinski definition) is 5. The molecule has 3 unspecified atom stereocenters. The molecule has 7 heteroatoms. The summed E-state index contributed by atoms with van der Waals surface area (Å²) in [5, 5.41) is 4.76. The third-order valence-corrected chi connectivity index (χ3v) is 8.01. The van der Waals surface area contributed by atoms with Crippen molar-refractivity contribution in [2.24, 2.45) is 11.8 Å². The van der Waals surface area contributed by atoms with Gasteiger partial charge in [0.1, 0.15) is 11.3 Å². The number of likely N-dealkylation sites (tertiary alicyclic amines) is 1. The van der Waals surface area contributed by atoms with Gasteiger partial charge in [-0.2, -0.15) is 0 Å². The third-order valence-electron chi connectivity index (χ3n) is 6.99. The van der Waals surface area contributed by atoms with Crippen molar-refractivity contribution in [3.05, 3.63) is 76.6 Å². The molecule has 3 heterocycles. The van der Waals surface area contributed by atoms with Crippen molar-refractivity contribution < 1.29 is 14.0 Å². The number of fused-ring (bicyclic) bond motifs is 2. The number of aryl methyl sites for hydroxylation is 2. The molecule has 1 N–H and O–H groups in total. The Morgan fingerprint density at radius 1 is 1.18 bits per heavy atom. The van der Waals surface area contributed by atoms with Gasteiger partial charge in [0.25, 0.3) is 11.8 Å². The Kier molecular flexibility index (Phi) is 5.03. The molecular weight excluding hydrogens is 446 g/mol. The molecule has 172 valence electrons. The first-order valence-electron chi connectivity index (χ1n) is 11.6. The molecule has 1 saturated heterocycles. The minimum atomic E-state index is -0.145. The van der Waals surface area contributed by atoms with E-state index in [0.29, 0.717) is 35.2 Å². The van der Waals surface area contributed by atoms with Gasteiger partial charge >= 0.3 is 0 Å². The third kappa shape index (κ3) is 3.60. The molecule has 1 aliphatic heterocycles. The Hall–Kier alpha value is -3.45. The average Bonchev–Trinajstić information content (AvgIpc) is 3.16. The van der Waals surface area contributed by atoms with Crippen LogP contribution in [0.3, 0.4) is 0 Å². The Morgan fingerprint density at radius 3 is 2.88 bits per heavy atom. The summed E-state index contributed by atoms with van der Waals surface area (Å²) in [4.78, 5) is 34.2. The molecule has 0 spiro atoms. The SMILES string of the molecule is Cc1cccc(-c2sc(C)nc2C(=O)N2CC3CC3C2CNC(=O)c2cccc3occc23)c1. The van der Waals surface area contributed by atoms with Crippen LogP contribution in [0.2, 0.25) is 0 Å². The summed E-state index contributed by atoms with van der Waals surface area (Å²) in [5.74, 6) is 0.777. The van der Waals surface area contributed by atoms with Crippen molar-refractivity contribution in [2.45, 2.75) is 26.3 Å². The van der Waals surface area contributed by atoms with Crippen LogP contribution < -0.4 is 5.32 Å². The summed E-state index contributed by atoms with van der Waals surface area (Å²) in [6.45, 7) is 5.15. The van der Waals surface area contributed by atoms with Gasteiger partial charge in [-0.15, -0.1) is 11.3 Å². The van der Waals surface area contributed by atoms with Crippen LogP contribution in [0.15, 0.2) is 59.2 Å². The van der Waals surface area contributed by atoms with E-state index in [1.54, 1.807) is 23.7 Å². The number of benzene rings is 2. The second-order valence-electron chi connectivity index (χ2n) is 9.31. The molecular formula is C27H25N3O3S. The number of amides is 2. The van der Waals surface area contributed by atoms with Gasteiger partial charge in [-0.1, -0.05) is 35.9 Å². The van der Waals surface area contributed by atoms with Gasteiger partial charge in [-0.05, 0) is 55.9 Å². The largest absolute Gasteiger partial charge is 0.464 e. The van der Waals surface area contributed by atoms with Crippen molar-refractivity contribution >= 4 is 34.1 Å². The lowest BCUT2D eigenvalue weighted by molar-refractivity contribution is 0.0690. The molecule has 3 atom stereocenters. The van der Waals surface area contributed by atoms with Gasteiger partial charge in [0.05, 0.1) is 27.8 Å². The maximum absolute atomic E-state index is 13.7. The predicted octanol–water partition coefficient (Wildman–Crippen LogP) is 5.06. The molecule has 2 fully saturated rings. The lowest BCUT2D eigenvalue weighted by Gasteiger charge is -2.27. The second-order valence-corrected chi connectivity index (χ2v) is 10.5. The molecule has 6 nitrogen and oxygen atoms in total. The molecule has 0 bridgehead atoms. The number of furan rings is 1. The highest BCUT2D eigenvalue weighted by Crippen LogP contribution is 2.50. The van der Waals surface area contributed by atoms with E-state index in [1.807, 2.05) is 42.2 Å². The van der Waals surface area contributed by atoms with Gasteiger partial charge in [0, 0.05) is 18.5 Å². The molecule has 2 amide bonds. The zero-order chi connectivity index (χ0) is 23.4. The molecule has 1 saturated carbocycles. The number of hydrogen-bond donors (Lipinski definition) is 1. The average molecular weight is 472 g/mol. The monoisotopic (exact) mass is 471 g/mol. The lowest BCUT2D eigenvalue weighted by Crippen LogP contribution is -2.45. The van der Waals surface area contributed by atoms with Gasteiger partial charge in [0.2, 0.25) is 0 Å². The van der Waals surface area contributed by atoms with E-state index in [2.05, 4.69) is 29.4 Å². The van der Waals surface area contributed by atoms with E-state index < -0.39 is 0 Å². The smallest absolute Gasteiger partial charge is 0.274 e. The van der Waals surface area contributed by atoms with Crippen LogP contribution in [-0.4, -0.2) is 40.8 Å². The summed E-state index contributed by atoms with van der Waals surface area (Å²) in [7, 11) is 0. The fourth-order valence-corrected chi connectivity index (χ4v) is 6.15. The maximum atomic E-state index is 13.7. The van der Waals surface area contributed by atoms with Gasteiger partial charge in [-0.25, -0.2) is 4.98 Å². The highest BCUT2D eigenvalue weighted by atomic mass is 32.1. The Balaban J connectivity index is 1.23. The highest BCUT2D eigenvalue weighted by Gasteiger charge is 2.54. The zero-order valence-corrected chi connectivity index (χ0v) is 19.9. The minimum Gasteiger partial charge on any atom is -0.464 e. The molecule has 34 heavy (non-hydrogen) atoms. The van der Waals surface area contributed by atoms with Crippen LogP contribution in [0.5, 0.6) is 0 Å². The van der Waals surface area contributed by atoms with E-state index in [-0.39, 0.29) is 17.9 Å². The summed E-state index contributed by atoms with van der Waals surface area (Å²) >= 11 is 1.56. The van der Waals surface area contributed by atoms with E-state index in [9.17, 15) is 9.59 Å². The molecule has 2 aromatic heterocycles. The summed E-state index contributed by atoms with van der Waals surface area (Å²) in [6.07, 6.45) is 2.71. The van der Waals surface area contributed by atoms with E-state index in [0.717, 1.165) is 39.4 Å². The Bertz CT molecular complexity index is 1420. The van der Waals surface area contributed by atoms with Crippen molar-refractivity contribution in [3.8, 4) is 10.4 Å². The zero-order valence-electron chi connectivity index (χ0n) is 19.1. The first-order valence-corrected chi connectivity index (χ1v) is 12.4. The van der Waals surface area contributed by atoms with E-state index in [1.165, 1.54) is 0 Å². The first kappa shape index (κ1) is 21.1. The van der Waals surface area contributed by atoms with Crippen LogP contribution in [0.4, 0.5) is 0 Å². The highest BCUT2D eigenvalue weighted by molar-refractivity contribution is 7.15. The molecule has 2 aromatic carbocycles. The van der Waals surface area contributed by atoms with E-state index in [4.69, 9.17) is 4.42 Å². The second kappa shape index (κ2) is 8.09. The van der Waals surface area contributed by atoms with Crippen LogP contribution in [0.25, 0.3) is 21.4 Å². The quantitative estimate of drug-likeness (QED) is 0.441. The summed E-state index contributed by atoms with van der Waals surface area (Å²) in [6, 6.07) is 15.5. The van der Waals surface area contributed by atoms with Gasteiger partial charge < -0.3 is 14.6 Å². The summed E-state index contributed by atoms with van der Waals surface area (Å²) < 4.78 is 5.43. The number of piperidine rings is 1. The van der Waals surface area contributed by atoms with Crippen molar-refractivity contribution in [3.63, 3.8) is 0 Å². The van der Waals surface area contributed by atoms with E-state index >= 15 is 0 Å². The standard InChI is InChI=1S/C27H25N3O3S/c1-15-5-3-6-17(11-15)25-24(29-16(2)34-25)27(32)30-14-18-12-21(18)22(30)13-28-26(31)20-7-4-8-23-19(20)9-10-33-23/h3-11,18,21-22H,12-14H2,1-2H3,(H,28,31). The molecule has 6 rings (SSSR count). The van der Waals surface area contributed by atoms with Crippen LogP contribution in [-0.2, 0) is 0 Å². The fourth-order valence-electron chi connectivity index (χ4n) is 5.24. The van der Waals surface area contributed by atoms with Crippen molar-refractivity contribution in [1.82, 2.24) is 15.2 Å². The topological polar surface area (TPSA) is 75.4 Å². The van der Waals surface area contributed by atoms with Gasteiger partial charge in [0.15, 0.2) is 0 Å². The maximum Gasteiger partial charge on any atom is 0.274 e. The number of nitrogens with one attached hydrogen (secondary N) is 1. The Morgan fingerprint density at radius 2 is 2.03 bits per heavy atom. The number of carbonyl (C=O) groups excluding carboxylic acids is 2. The van der Waals surface area contributed by atoms with Gasteiger partial charge in [-0.3, -0.25) is 9.59 Å². The first-order chi connectivity index (χ1) is 16.5. The lowest BCUT2D eigenvalue weighted by atomic mass is 10.1. The number of aromatic nitrogens is 1. The molecule has 0 radical (unpaired) electrons. The molecule has 4 aromatic rings. The van der Waals surface area contributed by atoms with Crippen molar-refractivity contribution in [2.75, 3.05) is 13.1 Å². The normalized spacial score (nSPS) is 21.0. The molecule has 2 aliphatic rings. The van der Waals surface area contributed by atoms with Crippen LogP contribution in [0, 0.1) is 25.7 Å². The Labute approximate surface area is 201 Å². The van der Waals surface area contributed by atoms with Crippen LogP contribution in [0.1, 0.15) is 37.8 Å². The van der Waals surface area contributed by atoms with Crippen LogP contribution >= 0.6 is 11.3 Å². The predicted molar refractivity (Wildman–Crippen MR) is 132 cm³/mol.